The predicted octanol–water partition coefficient (Wildman–Crippen LogP) is 3.14. The maximum absolute atomic E-state index is 11.3. The van der Waals surface area contributed by atoms with E-state index < -0.39 is 5.97 Å². The number of aliphatic carboxylic acids is 1. The first-order valence-electron chi connectivity index (χ1n) is 7.27. The summed E-state index contributed by atoms with van der Waals surface area (Å²) in [4.78, 5) is 24.2. The van der Waals surface area contributed by atoms with Gasteiger partial charge < -0.3 is 10.0 Å². The van der Waals surface area contributed by atoms with Crippen LogP contribution in [0.15, 0.2) is 6.33 Å². The van der Waals surface area contributed by atoms with Crippen molar-refractivity contribution in [2.75, 3.05) is 11.4 Å². The molecular formula is C15H19N3O2S. The first-order chi connectivity index (χ1) is 10.1. The smallest absolute Gasteiger partial charge is 0.323 e. The lowest BCUT2D eigenvalue weighted by molar-refractivity contribution is -0.135. The maximum Gasteiger partial charge on any atom is 0.323 e. The van der Waals surface area contributed by atoms with Crippen LogP contribution in [0.5, 0.6) is 0 Å². The van der Waals surface area contributed by atoms with Crippen LogP contribution in [0.1, 0.15) is 36.1 Å². The highest BCUT2D eigenvalue weighted by Crippen LogP contribution is 2.36. The molecule has 0 atom stereocenters. The van der Waals surface area contributed by atoms with Crippen molar-refractivity contribution in [1.82, 2.24) is 9.97 Å². The van der Waals surface area contributed by atoms with Gasteiger partial charge in [-0.2, -0.15) is 0 Å². The van der Waals surface area contributed by atoms with Crippen molar-refractivity contribution in [2.45, 2.75) is 45.6 Å². The number of rotatable bonds is 4. The summed E-state index contributed by atoms with van der Waals surface area (Å²) in [6, 6.07) is 0.277. The van der Waals surface area contributed by atoms with Crippen molar-refractivity contribution >= 4 is 33.3 Å². The summed E-state index contributed by atoms with van der Waals surface area (Å²) in [6.45, 7) is 4.14. The van der Waals surface area contributed by atoms with Gasteiger partial charge >= 0.3 is 5.97 Å². The van der Waals surface area contributed by atoms with Gasteiger partial charge in [-0.3, -0.25) is 4.79 Å². The summed E-state index contributed by atoms with van der Waals surface area (Å²) >= 11 is 1.65. The third kappa shape index (κ3) is 2.60. The van der Waals surface area contributed by atoms with Crippen LogP contribution in [0.25, 0.3) is 10.2 Å². The molecule has 1 saturated carbocycles. The predicted molar refractivity (Wildman–Crippen MR) is 84.1 cm³/mol. The van der Waals surface area contributed by atoms with Gasteiger partial charge in [0.1, 0.15) is 23.5 Å². The fourth-order valence-corrected chi connectivity index (χ4v) is 4.11. The molecule has 0 unspecified atom stereocenters. The summed E-state index contributed by atoms with van der Waals surface area (Å²) in [7, 11) is 0. The van der Waals surface area contributed by atoms with Crippen molar-refractivity contribution in [3.63, 3.8) is 0 Å². The molecule has 1 N–H and O–H groups in total. The summed E-state index contributed by atoms with van der Waals surface area (Å²) in [5, 5.41) is 10.3. The monoisotopic (exact) mass is 305 g/mol. The maximum atomic E-state index is 11.3. The highest BCUT2D eigenvalue weighted by Gasteiger charge is 2.28. The van der Waals surface area contributed by atoms with Crippen LogP contribution in [-0.4, -0.2) is 33.6 Å². The van der Waals surface area contributed by atoms with Crippen molar-refractivity contribution < 1.29 is 9.90 Å². The molecule has 0 amide bonds. The lowest BCUT2D eigenvalue weighted by Crippen LogP contribution is -2.38. The number of anilines is 1. The van der Waals surface area contributed by atoms with Crippen LogP contribution >= 0.6 is 11.3 Å². The molecule has 112 valence electrons. The third-order valence-corrected chi connectivity index (χ3v) is 5.40. The van der Waals surface area contributed by atoms with Gasteiger partial charge in [0.2, 0.25) is 0 Å². The number of aryl methyl sites for hydroxylation is 2. The fraction of sp³-hybridized carbons (Fsp3) is 0.533. The lowest BCUT2D eigenvalue weighted by Gasteiger charge is -2.29. The number of hydrogen-bond acceptors (Lipinski definition) is 5. The topological polar surface area (TPSA) is 66.3 Å². The minimum absolute atomic E-state index is 0.00507. The first-order valence-corrected chi connectivity index (χ1v) is 8.08. The van der Waals surface area contributed by atoms with E-state index in [2.05, 4.69) is 23.8 Å². The lowest BCUT2D eigenvalue weighted by atomic mass is 10.1. The Labute approximate surface area is 127 Å². The molecule has 2 aromatic heterocycles. The Hall–Kier alpha value is -1.69. The van der Waals surface area contributed by atoms with Crippen LogP contribution in [0.2, 0.25) is 0 Å². The Morgan fingerprint density at radius 3 is 2.76 bits per heavy atom. The summed E-state index contributed by atoms with van der Waals surface area (Å²) in [5.41, 5.74) is 1.17. The van der Waals surface area contributed by atoms with Crippen molar-refractivity contribution in [3.05, 3.63) is 16.8 Å². The third-order valence-electron chi connectivity index (χ3n) is 4.29. The Bertz CT molecular complexity index is 677. The Balaban J connectivity index is 2.11. The standard InChI is InChI=1S/C15H19N3O2S/c1-9-10(2)21-15-13(9)14(16-8-17-15)18(7-12(19)20)11-5-3-4-6-11/h8,11H,3-7H2,1-2H3,(H,19,20). The zero-order valence-electron chi connectivity index (χ0n) is 12.3. The molecule has 0 bridgehead atoms. The molecule has 2 heterocycles. The second kappa shape index (κ2) is 5.60. The van der Waals surface area contributed by atoms with Gasteiger partial charge in [0.25, 0.3) is 0 Å². The molecule has 21 heavy (non-hydrogen) atoms. The molecule has 1 aliphatic carbocycles. The van der Waals surface area contributed by atoms with Crippen molar-refractivity contribution in [2.24, 2.45) is 0 Å². The minimum atomic E-state index is -0.807. The SMILES string of the molecule is Cc1sc2ncnc(N(CC(=O)O)C3CCCC3)c2c1C. The zero-order valence-corrected chi connectivity index (χ0v) is 13.1. The van der Waals surface area contributed by atoms with Crippen LogP contribution in [0.3, 0.4) is 0 Å². The average molecular weight is 305 g/mol. The number of carboxylic acids is 1. The number of fused-ring (bicyclic) bond motifs is 1. The first kappa shape index (κ1) is 14.3. The van der Waals surface area contributed by atoms with Crippen molar-refractivity contribution in [3.8, 4) is 0 Å². The summed E-state index contributed by atoms with van der Waals surface area (Å²) in [5.74, 6) is -0.0191. The fourth-order valence-electron chi connectivity index (χ4n) is 3.12. The minimum Gasteiger partial charge on any atom is -0.480 e. The van der Waals surface area contributed by atoms with Crippen LogP contribution in [0.4, 0.5) is 5.82 Å². The molecular weight excluding hydrogens is 286 g/mol. The van der Waals surface area contributed by atoms with E-state index in [1.54, 1.807) is 17.7 Å². The Morgan fingerprint density at radius 2 is 2.10 bits per heavy atom. The van der Waals surface area contributed by atoms with Gasteiger partial charge in [0.15, 0.2) is 0 Å². The van der Waals surface area contributed by atoms with E-state index in [-0.39, 0.29) is 12.6 Å². The van der Waals surface area contributed by atoms with E-state index >= 15 is 0 Å². The molecule has 6 heteroatoms. The quantitative estimate of drug-likeness (QED) is 0.940. The van der Waals surface area contributed by atoms with Gasteiger partial charge in [-0.15, -0.1) is 11.3 Å². The number of carboxylic acid groups (broad SMARTS) is 1. The van der Waals surface area contributed by atoms with E-state index in [1.165, 1.54) is 10.4 Å². The molecule has 5 nitrogen and oxygen atoms in total. The van der Waals surface area contributed by atoms with Crippen molar-refractivity contribution in [1.29, 1.82) is 0 Å². The van der Waals surface area contributed by atoms with Crippen LogP contribution in [-0.2, 0) is 4.79 Å². The largest absolute Gasteiger partial charge is 0.480 e. The molecule has 0 saturated heterocycles. The molecule has 0 radical (unpaired) electrons. The van der Waals surface area contributed by atoms with E-state index in [4.69, 9.17) is 0 Å². The van der Waals surface area contributed by atoms with Crippen LogP contribution < -0.4 is 4.90 Å². The molecule has 0 spiro atoms. The van der Waals surface area contributed by atoms with Gasteiger partial charge in [-0.25, -0.2) is 9.97 Å². The molecule has 0 aromatic carbocycles. The number of hydrogen-bond donors (Lipinski definition) is 1. The highest BCUT2D eigenvalue weighted by molar-refractivity contribution is 7.18. The van der Waals surface area contributed by atoms with Gasteiger partial charge in [0, 0.05) is 10.9 Å². The second-order valence-corrected chi connectivity index (χ2v) is 6.82. The molecule has 2 aromatic rings. The molecule has 1 aliphatic rings. The zero-order chi connectivity index (χ0) is 15.0. The van der Waals surface area contributed by atoms with E-state index in [1.807, 2.05) is 4.90 Å². The molecule has 1 fully saturated rings. The Morgan fingerprint density at radius 1 is 1.38 bits per heavy atom. The second-order valence-electron chi connectivity index (χ2n) is 5.62. The molecule has 0 aliphatic heterocycles. The average Bonchev–Trinajstić information content (AvgIpc) is 3.06. The van der Waals surface area contributed by atoms with Gasteiger partial charge in [-0.1, -0.05) is 12.8 Å². The van der Waals surface area contributed by atoms with E-state index in [0.717, 1.165) is 41.7 Å². The Kier molecular flexibility index (Phi) is 3.80. The van der Waals surface area contributed by atoms with Gasteiger partial charge in [0.05, 0.1) is 5.39 Å². The number of carbonyl (C=O) groups is 1. The number of thiophene rings is 1. The van der Waals surface area contributed by atoms with Gasteiger partial charge in [-0.05, 0) is 32.3 Å². The van der Waals surface area contributed by atoms with Crippen LogP contribution in [0, 0.1) is 13.8 Å². The van der Waals surface area contributed by atoms with E-state index in [0.29, 0.717) is 0 Å². The normalized spacial score (nSPS) is 15.7. The summed E-state index contributed by atoms with van der Waals surface area (Å²) < 4.78 is 0. The summed E-state index contributed by atoms with van der Waals surface area (Å²) in [6.07, 6.45) is 5.96. The number of nitrogens with zero attached hydrogens (tertiary/aromatic N) is 3. The van der Waals surface area contributed by atoms with E-state index in [9.17, 15) is 9.90 Å². The molecule has 3 rings (SSSR count). The highest BCUT2D eigenvalue weighted by atomic mass is 32.1. The number of aromatic nitrogens is 2.